The van der Waals surface area contributed by atoms with Gasteiger partial charge in [0.2, 0.25) is 0 Å². The molecule has 0 bridgehead atoms. The van der Waals surface area contributed by atoms with Crippen LogP contribution >= 0.6 is 0 Å². The molecular weight excluding hydrogens is 252 g/mol. The third-order valence-corrected chi connectivity index (χ3v) is 3.05. The van der Waals surface area contributed by atoms with Crippen molar-refractivity contribution in [2.24, 2.45) is 0 Å². The predicted molar refractivity (Wildman–Crippen MR) is 82.1 cm³/mol. The normalized spacial score (nSPS) is 10.9. The Hall–Kier alpha value is -1.81. The molecule has 0 aliphatic heterocycles. The first-order chi connectivity index (χ1) is 9.70. The minimum absolute atomic E-state index is 0.539. The SMILES string of the molecule is CCCCOCCOc1cc(C)nc2ccc(N)cc12. The largest absolute Gasteiger partial charge is 0.490 e. The quantitative estimate of drug-likeness (QED) is 0.621. The number of aryl methyl sites for hydroxylation is 1. The van der Waals surface area contributed by atoms with Crippen LogP contribution < -0.4 is 10.5 Å². The first kappa shape index (κ1) is 14.6. The number of fused-ring (bicyclic) bond motifs is 1. The molecule has 0 unspecified atom stereocenters. The molecule has 0 fully saturated rings. The number of hydrogen-bond acceptors (Lipinski definition) is 4. The van der Waals surface area contributed by atoms with Crippen LogP contribution in [0, 0.1) is 6.92 Å². The van der Waals surface area contributed by atoms with E-state index in [2.05, 4.69) is 11.9 Å². The monoisotopic (exact) mass is 274 g/mol. The van der Waals surface area contributed by atoms with Gasteiger partial charge in [-0.05, 0) is 31.5 Å². The molecule has 4 nitrogen and oxygen atoms in total. The number of anilines is 1. The van der Waals surface area contributed by atoms with Gasteiger partial charge in [-0.2, -0.15) is 0 Å². The molecule has 1 heterocycles. The highest BCUT2D eigenvalue weighted by atomic mass is 16.5. The summed E-state index contributed by atoms with van der Waals surface area (Å²) in [6, 6.07) is 7.61. The lowest BCUT2D eigenvalue weighted by Gasteiger charge is -2.11. The second-order valence-electron chi connectivity index (χ2n) is 4.85. The number of unbranched alkanes of at least 4 members (excludes halogenated alkanes) is 1. The molecule has 0 aliphatic rings. The van der Waals surface area contributed by atoms with Crippen LogP contribution in [0.1, 0.15) is 25.5 Å². The number of rotatable bonds is 7. The zero-order valence-corrected chi connectivity index (χ0v) is 12.2. The van der Waals surface area contributed by atoms with E-state index in [1.54, 1.807) is 0 Å². The lowest BCUT2D eigenvalue weighted by molar-refractivity contribution is 0.0985. The van der Waals surface area contributed by atoms with Crippen molar-refractivity contribution in [1.82, 2.24) is 4.98 Å². The molecule has 0 spiro atoms. The van der Waals surface area contributed by atoms with Crippen molar-refractivity contribution in [1.29, 1.82) is 0 Å². The van der Waals surface area contributed by atoms with Gasteiger partial charge in [-0.3, -0.25) is 4.98 Å². The number of ether oxygens (including phenoxy) is 2. The van der Waals surface area contributed by atoms with E-state index in [4.69, 9.17) is 15.2 Å². The van der Waals surface area contributed by atoms with Crippen molar-refractivity contribution < 1.29 is 9.47 Å². The van der Waals surface area contributed by atoms with E-state index in [1.807, 2.05) is 31.2 Å². The van der Waals surface area contributed by atoms with Crippen LogP contribution in [-0.2, 0) is 4.74 Å². The van der Waals surface area contributed by atoms with E-state index in [0.29, 0.717) is 18.9 Å². The van der Waals surface area contributed by atoms with Crippen molar-refractivity contribution in [2.75, 3.05) is 25.6 Å². The van der Waals surface area contributed by atoms with Gasteiger partial charge in [0.15, 0.2) is 0 Å². The van der Waals surface area contributed by atoms with Crippen LogP contribution in [0.2, 0.25) is 0 Å². The molecule has 1 aromatic heterocycles. The Labute approximate surface area is 119 Å². The Morgan fingerprint density at radius 1 is 1.15 bits per heavy atom. The van der Waals surface area contributed by atoms with Crippen LogP contribution in [0.15, 0.2) is 24.3 Å². The van der Waals surface area contributed by atoms with Crippen molar-refractivity contribution in [3.05, 3.63) is 30.0 Å². The fraction of sp³-hybridized carbons (Fsp3) is 0.438. The van der Waals surface area contributed by atoms with E-state index in [-0.39, 0.29) is 0 Å². The number of nitrogen functional groups attached to an aromatic ring is 1. The Kier molecular flexibility index (Phi) is 5.18. The second-order valence-corrected chi connectivity index (χ2v) is 4.85. The third-order valence-electron chi connectivity index (χ3n) is 3.05. The summed E-state index contributed by atoms with van der Waals surface area (Å²) in [5.74, 6) is 0.818. The van der Waals surface area contributed by atoms with Gasteiger partial charge in [-0.1, -0.05) is 13.3 Å². The number of hydrogen-bond donors (Lipinski definition) is 1. The molecular formula is C16H22N2O2. The highest BCUT2D eigenvalue weighted by Crippen LogP contribution is 2.27. The average Bonchev–Trinajstić information content (AvgIpc) is 2.43. The highest BCUT2D eigenvalue weighted by molar-refractivity contribution is 5.87. The molecule has 108 valence electrons. The van der Waals surface area contributed by atoms with Gasteiger partial charge in [-0.15, -0.1) is 0 Å². The summed E-state index contributed by atoms with van der Waals surface area (Å²) in [6.45, 7) is 6.04. The molecule has 20 heavy (non-hydrogen) atoms. The second kappa shape index (κ2) is 7.10. The van der Waals surface area contributed by atoms with Gasteiger partial charge in [0.1, 0.15) is 12.4 Å². The van der Waals surface area contributed by atoms with Crippen LogP contribution in [0.4, 0.5) is 5.69 Å². The van der Waals surface area contributed by atoms with Gasteiger partial charge in [-0.25, -0.2) is 0 Å². The lowest BCUT2D eigenvalue weighted by Crippen LogP contribution is -2.08. The minimum atomic E-state index is 0.539. The molecule has 0 amide bonds. The summed E-state index contributed by atoms with van der Waals surface area (Å²) in [5.41, 5.74) is 8.39. The molecule has 0 atom stereocenters. The van der Waals surface area contributed by atoms with Gasteiger partial charge in [0, 0.05) is 29.4 Å². The topological polar surface area (TPSA) is 57.4 Å². The Balaban J connectivity index is 2.03. The first-order valence-corrected chi connectivity index (χ1v) is 7.08. The van der Waals surface area contributed by atoms with E-state index in [0.717, 1.165) is 41.8 Å². The Morgan fingerprint density at radius 3 is 2.80 bits per heavy atom. The maximum Gasteiger partial charge on any atom is 0.130 e. The fourth-order valence-electron chi connectivity index (χ4n) is 2.02. The highest BCUT2D eigenvalue weighted by Gasteiger charge is 2.05. The molecule has 1 aromatic carbocycles. The first-order valence-electron chi connectivity index (χ1n) is 7.08. The number of aromatic nitrogens is 1. The van der Waals surface area contributed by atoms with Gasteiger partial charge < -0.3 is 15.2 Å². The minimum Gasteiger partial charge on any atom is -0.490 e. The maximum absolute atomic E-state index is 5.83. The fourth-order valence-corrected chi connectivity index (χ4v) is 2.02. The Bertz CT molecular complexity index is 570. The van der Waals surface area contributed by atoms with Crippen molar-refractivity contribution in [2.45, 2.75) is 26.7 Å². The lowest BCUT2D eigenvalue weighted by atomic mass is 10.1. The molecule has 0 radical (unpaired) electrons. The summed E-state index contributed by atoms with van der Waals surface area (Å²) in [7, 11) is 0. The number of pyridine rings is 1. The summed E-state index contributed by atoms with van der Waals surface area (Å²) in [6.07, 6.45) is 2.24. The van der Waals surface area contributed by atoms with Crippen LogP contribution in [-0.4, -0.2) is 24.8 Å². The van der Waals surface area contributed by atoms with E-state index in [9.17, 15) is 0 Å². The molecule has 2 aromatic rings. The summed E-state index contributed by atoms with van der Waals surface area (Å²) < 4.78 is 11.3. The van der Waals surface area contributed by atoms with Crippen molar-refractivity contribution >= 4 is 16.6 Å². The van der Waals surface area contributed by atoms with Crippen LogP contribution in [0.5, 0.6) is 5.75 Å². The van der Waals surface area contributed by atoms with E-state index < -0.39 is 0 Å². The van der Waals surface area contributed by atoms with Crippen LogP contribution in [0.25, 0.3) is 10.9 Å². The van der Waals surface area contributed by atoms with Crippen molar-refractivity contribution in [3.63, 3.8) is 0 Å². The number of nitrogens with two attached hydrogens (primary N) is 1. The van der Waals surface area contributed by atoms with Gasteiger partial charge in [0.05, 0.1) is 12.1 Å². The summed E-state index contributed by atoms with van der Waals surface area (Å²) >= 11 is 0. The van der Waals surface area contributed by atoms with Crippen LogP contribution in [0.3, 0.4) is 0 Å². The predicted octanol–water partition coefficient (Wildman–Crippen LogP) is 3.32. The zero-order valence-electron chi connectivity index (χ0n) is 12.2. The van der Waals surface area contributed by atoms with Gasteiger partial charge >= 0.3 is 0 Å². The van der Waals surface area contributed by atoms with Crippen molar-refractivity contribution in [3.8, 4) is 5.75 Å². The summed E-state index contributed by atoms with van der Waals surface area (Å²) in [4.78, 5) is 4.48. The molecule has 0 saturated carbocycles. The molecule has 2 N–H and O–H groups in total. The van der Waals surface area contributed by atoms with E-state index in [1.165, 1.54) is 0 Å². The average molecular weight is 274 g/mol. The molecule has 0 aliphatic carbocycles. The summed E-state index contributed by atoms with van der Waals surface area (Å²) in [5, 5.41) is 0.948. The Morgan fingerprint density at radius 2 is 2.00 bits per heavy atom. The number of benzene rings is 1. The standard InChI is InChI=1S/C16H22N2O2/c1-3-4-7-19-8-9-20-16-10-12(2)18-15-6-5-13(17)11-14(15)16/h5-6,10-11H,3-4,7-9,17H2,1-2H3. The molecule has 4 heteroatoms. The maximum atomic E-state index is 5.83. The number of nitrogens with zero attached hydrogens (tertiary/aromatic N) is 1. The molecule has 2 rings (SSSR count). The van der Waals surface area contributed by atoms with Gasteiger partial charge in [0.25, 0.3) is 0 Å². The third kappa shape index (κ3) is 3.84. The smallest absolute Gasteiger partial charge is 0.130 e. The molecule has 0 saturated heterocycles. The van der Waals surface area contributed by atoms with E-state index >= 15 is 0 Å². The zero-order chi connectivity index (χ0) is 14.4.